The molecule has 1 aromatic carbocycles. The molecule has 138 valence electrons. The molecule has 0 aliphatic carbocycles. The normalized spacial score (nSPS) is 17.1. The number of carboxylic acids is 1. The van der Waals surface area contributed by atoms with Gasteiger partial charge in [-0.25, -0.2) is 0 Å². The van der Waals surface area contributed by atoms with Gasteiger partial charge in [-0.05, 0) is 53.8 Å². The number of carboxylic acid groups (broad SMARTS) is 1. The van der Waals surface area contributed by atoms with Crippen LogP contribution in [0.2, 0.25) is 0 Å². The van der Waals surface area contributed by atoms with Crippen molar-refractivity contribution in [3.63, 3.8) is 0 Å². The van der Waals surface area contributed by atoms with Crippen LogP contribution >= 0.6 is 0 Å². The van der Waals surface area contributed by atoms with Crippen molar-refractivity contribution in [1.29, 1.82) is 0 Å². The summed E-state index contributed by atoms with van der Waals surface area (Å²) < 4.78 is 6.77. The first-order chi connectivity index (χ1) is 12.6. The van der Waals surface area contributed by atoms with Crippen molar-refractivity contribution < 1.29 is 19.4 Å². The van der Waals surface area contributed by atoms with Gasteiger partial charge in [-0.2, -0.15) is 4.68 Å². The van der Waals surface area contributed by atoms with Crippen LogP contribution in [-0.2, 0) is 4.79 Å². The number of likely N-dealkylation sites (tertiary alicyclic amines) is 1. The van der Waals surface area contributed by atoms with Crippen LogP contribution in [0.5, 0.6) is 5.75 Å². The number of tetrazole rings is 1. The zero-order valence-corrected chi connectivity index (χ0v) is 14.5. The number of ether oxygens (including phenoxy) is 1. The summed E-state index contributed by atoms with van der Waals surface area (Å²) in [4.78, 5) is 25.5. The number of benzene rings is 1. The van der Waals surface area contributed by atoms with E-state index in [4.69, 9.17) is 9.84 Å². The monoisotopic (exact) mass is 359 g/mol. The number of hydrogen-bond donors (Lipinski definition) is 1. The molecule has 2 aromatic rings. The molecule has 9 heteroatoms. The second kappa shape index (κ2) is 7.94. The fourth-order valence-electron chi connectivity index (χ4n) is 3.27. The summed E-state index contributed by atoms with van der Waals surface area (Å²) in [5.74, 6) is -0.0930. The van der Waals surface area contributed by atoms with Crippen molar-refractivity contribution in [2.45, 2.75) is 25.7 Å². The molecule has 1 saturated heterocycles. The van der Waals surface area contributed by atoms with Gasteiger partial charge < -0.3 is 14.7 Å². The van der Waals surface area contributed by atoms with Crippen LogP contribution < -0.4 is 4.74 Å². The summed E-state index contributed by atoms with van der Waals surface area (Å²) in [5, 5.41) is 19.9. The number of carbonyl (C=O) groups excluding carboxylic acids is 1. The van der Waals surface area contributed by atoms with Crippen molar-refractivity contribution in [3.05, 3.63) is 30.1 Å². The third-order valence-corrected chi connectivity index (χ3v) is 4.59. The van der Waals surface area contributed by atoms with E-state index in [-0.39, 0.29) is 18.2 Å². The molecule has 1 N–H and O–H groups in total. The fourth-order valence-corrected chi connectivity index (χ4v) is 3.27. The minimum Gasteiger partial charge on any atom is -0.494 e. The van der Waals surface area contributed by atoms with Crippen molar-refractivity contribution in [3.8, 4) is 11.4 Å². The molecule has 0 radical (unpaired) electrons. The third-order valence-electron chi connectivity index (χ3n) is 4.59. The van der Waals surface area contributed by atoms with E-state index in [1.165, 1.54) is 11.0 Å². The van der Waals surface area contributed by atoms with Crippen LogP contribution in [0.15, 0.2) is 24.5 Å². The highest BCUT2D eigenvalue weighted by molar-refractivity contribution is 5.95. The Hall–Kier alpha value is -2.97. The Morgan fingerprint density at radius 2 is 2.23 bits per heavy atom. The van der Waals surface area contributed by atoms with E-state index >= 15 is 0 Å². The predicted molar refractivity (Wildman–Crippen MR) is 91.2 cm³/mol. The van der Waals surface area contributed by atoms with Gasteiger partial charge in [0.1, 0.15) is 17.8 Å². The van der Waals surface area contributed by atoms with Crippen molar-refractivity contribution >= 4 is 11.9 Å². The Labute approximate surface area is 150 Å². The van der Waals surface area contributed by atoms with Gasteiger partial charge in [-0.3, -0.25) is 9.59 Å². The number of carbonyl (C=O) groups is 2. The summed E-state index contributed by atoms with van der Waals surface area (Å²) in [6.45, 7) is 1.26. The van der Waals surface area contributed by atoms with Gasteiger partial charge >= 0.3 is 5.97 Å². The second-order valence-electron chi connectivity index (χ2n) is 6.33. The van der Waals surface area contributed by atoms with Crippen LogP contribution in [0.1, 0.15) is 36.0 Å². The molecule has 0 saturated carbocycles. The van der Waals surface area contributed by atoms with Crippen LogP contribution in [0.4, 0.5) is 0 Å². The molecule has 26 heavy (non-hydrogen) atoms. The average Bonchev–Trinajstić information content (AvgIpc) is 3.20. The maximum atomic E-state index is 12.9. The summed E-state index contributed by atoms with van der Waals surface area (Å²) in [6.07, 6.45) is 4.01. The Balaban J connectivity index is 1.77. The Morgan fingerprint density at radius 3 is 2.92 bits per heavy atom. The maximum Gasteiger partial charge on any atom is 0.303 e. The van der Waals surface area contributed by atoms with Crippen molar-refractivity contribution in [1.82, 2.24) is 25.1 Å². The lowest BCUT2D eigenvalue weighted by molar-refractivity contribution is -0.137. The molecule has 1 aromatic heterocycles. The lowest BCUT2D eigenvalue weighted by Gasteiger charge is -2.32. The maximum absolute atomic E-state index is 12.9. The molecule has 0 bridgehead atoms. The minimum atomic E-state index is -0.797. The summed E-state index contributed by atoms with van der Waals surface area (Å²) in [6, 6.07) is 5.14. The summed E-state index contributed by atoms with van der Waals surface area (Å²) in [7, 11) is 1.54. The number of rotatable bonds is 6. The van der Waals surface area contributed by atoms with Gasteiger partial charge in [0.25, 0.3) is 5.91 Å². The number of piperidine rings is 1. The largest absolute Gasteiger partial charge is 0.494 e. The standard InChI is InChI=1S/C17H21N5O4/c1-26-15-6-5-13(9-14(15)22-11-18-19-20-22)17(25)21-8-2-3-12(10-21)4-7-16(23)24/h5-6,9,11-12H,2-4,7-8,10H2,1H3,(H,23,24). The molecular weight excluding hydrogens is 338 g/mol. The Morgan fingerprint density at radius 1 is 1.38 bits per heavy atom. The highest BCUT2D eigenvalue weighted by atomic mass is 16.5. The smallest absolute Gasteiger partial charge is 0.303 e. The second-order valence-corrected chi connectivity index (χ2v) is 6.33. The first-order valence-corrected chi connectivity index (χ1v) is 8.51. The minimum absolute atomic E-state index is 0.0815. The lowest BCUT2D eigenvalue weighted by atomic mass is 9.93. The number of hydrogen-bond acceptors (Lipinski definition) is 6. The van der Waals surface area contributed by atoms with Crippen molar-refractivity contribution in [2.75, 3.05) is 20.2 Å². The van der Waals surface area contributed by atoms with Gasteiger partial charge in [0, 0.05) is 25.1 Å². The number of amides is 1. The number of aromatic nitrogens is 4. The number of nitrogens with zero attached hydrogens (tertiary/aromatic N) is 5. The zero-order chi connectivity index (χ0) is 18.5. The molecule has 1 aliphatic heterocycles. The first-order valence-electron chi connectivity index (χ1n) is 8.51. The van der Waals surface area contributed by atoms with E-state index in [2.05, 4.69) is 15.5 Å². The summed E-state index contributed by atoms with van der Waals surface area (Å²) >= 11 is 0. The predicted octanol–water partition coefficient (Wildman–Crippen LogP) is 1.39. The topological polar surface area (TPSA) is 110 Å². The molecule has 0 spiro atoms. The van der Waals surface area contributed by atoms with Gasteiger partial charge in [-0.1, -0.05) is 0 Å². The average molecular weight is 359 g/mol. The Bertz CT molecular complexity index is 777. The molecular formula is C17H21N5O4. The van der Waals surface area contributed by atoms with E-state index in [0.717, 1.165) is 12.8 Å². The van der Waals surface area contributed by atoms with E-state index in [1.807, 2.05) is 0 Å². The molecule has 1 aliphatic rings. The Kier molecular flexibility index (Phi) is 5.45. The molecule has 2 heterocycles. The first kappa shape index (κ1) is 17.8. The van der Waals surface area contributed by atoms with Crippen LogP contribution in [0, 0.1) is 5.92 Å². The molecule has 3 rings (SSSR count). The van der Waals surface area contributed by atoms with E-state index in [1.54, 1.807) is 30.2 Å². The molecule has 1 fully saturated rings. The van der Waals surface area contributed by atoms with Crippen LogP contribution in [0.25, 0.3) is 5.69 Å². The zero-order valence-electron chi connectivity index (χ0n) is 14.5. The van der Waals surface area contributed by atoms with Gasteiger partial charge in [0.05, 0.1) is 7.11 Å². The summed E-state index contributed by atoms with van der Waals surface area (Å²) in [5.41, 5.74) is 1.11. The third kappa shape index (κ3) is 3.98. The SMILES string of the molecule is COc1ccc(C(=O)N2CCCC(CCC(=O)O)C2)cc1-n1cnnn1. The fraction of sp³-hybridized carbons (Fsp3) is 0.471. The lowest BCUT2D eigenvalue weighted by Crippen LogP contribution is -2.40. The highest BCUT2D eigenvalue weighted by Crippen LogP contribution is 2.26. The van der Waals surface area contributed by atoms with Gasteiger partial charge in [0.2, 0.25) is 0 Å². The van der Waals surface area contributed by atoms with Crippen molar-refractivity contribution in [2.24, 2.45) is 5.92 Å². The number of aliphatic carboxylic acids is 1. The highest BCUT2D eigenvalue weighted by Gasteiger charge is 2.25. The van der Waals surface area contributed by atoms with Gasteiger partial charge in [0.15, 0.2) is 0 Å². The van der Waals surface area contributed by atoms with E-state index in [0.29, 0.717) is 36.5 Å². The molecule has 1 amide bonds. The van der Waals surface area contributed by atoms with Gasteiger partial charge in [-0.15, -0.1) is 5.10 Å². The van der Waals surface area contributed by atoms with E-state index in [9.17, 15) is 9.59 Å². The molecule has 1 unspecified atom stereocenters. The van der Waals surface area contributed by atoms with E-state index < -0.39 is 5.97 Å². The van der Waals surface area contributed by atoms with Crippen LogP contribution in [0.3, 0.4) is 0 Å². The number of methoxy groups -OCH3 is 1. The molecule has 1 atom stereocenters. The quantitative estimate of drug-likeness (QED) is 0.829. The molecule has 9 nitrogen and oxygen atoms in total. The van der Waals surface area contributed by atoms with Crippen LogP contribution in [-0.4, -0.2) is 62.3 Å².